The zero-order chi connectivity index (χ0) is 13.6. The number of aromatic nitrogens is 1. The summed E-state index contributed by atoms with van der Waals surface area (Å²) < 4.78 is 29.0. The minimum atomic E-state index is -3.26. The number of nitrogens with zero attached hydrogens (tertiary/aromatic N) is 2. The van der Waals surface area contributed by atoms with Crippen molar-refractivity contribution in [2.24, 2.45) is 5.92 Å². The number of nitrogens with two attached hydrogens (primary N) is 1. The fraction of sp³-hybridized carbons (Fsp3) is 0.750. The summed E-state index contributed by atoms with van der Waals surface area (Å²) in [6, 6.07) is 0. The van der Waals surface area contributed by atoms with Gasteiger partial charge < -0.3 is 10.6 Å². The van der Waals surface area contributed by atoms with Crippen LogP contribution < -0.4 is 10.6 Å². The minimum Gasteiger partial charge on any atom is -0.382 e. The van der Waals surface area contributed by atoms with E-state index in [0.717, 1.165) is 43.8 Å². The Hall–Kier alpha value is -0.820. The fourth-order valence-electron chi connectivity index (χ4n) is 2.65. The van der Waals surface area contributed by atoms with Gasteiger partial charge >= 0.3 is 0 Å². The molecule has 106 valence electrons. The second kappa shape index (κ2) is 4.63. The highest BCUT2D eigenvalue weighted by Crippen LogP contribution is 2.43. The quantitative estimate of drug-likeness (QED) is 0.919. The smallest absolute Gasteiger partial charge is 0.187 e. The van der Waals surface area contributed by atoms with Crippen LogP contribution in [0, 0.1) is 5.92 Å². The second-order valence-corrected chi connectivity index (χ2v) is 8.37. The van der Waals surface area contributed by atoms with E-state index in [4.69, 9.17) is 5.73 Å². The standard InChI is InChI=1S/C12H19N3O2S2/c1-2-8-5-6-15(7-8)12-10(11(13)14-18-12)19(16,17)9-3-4-9/h8-9H,2-7H2,1H3,(H2,13,14). The van der Waals surface area contributed by atoms with Gasteiger partial charge in [-0.25, -0.2) is 8.42 Å². The van der Waals surface area contributed by atoms with Gasteiger partial charge in [0.1, 0.15) is 9.90 Å². The average Bonchev–Trinajstić information content (AvgIpc) is 3.01. The highest BCUT2D eigenvalue weighted by molar-refractivity contribution is 7.92. The van der Waals surface area contributed by atoms with Gasteiger partial charge in [0.2, 0.25) is 0 Å². The number of rotatable bonds is 4. The summed E-state index contributed by atoms with van der Waals surface area (Å²) in [6.45, 7) is 4.01. The van der Waals surface area contributed by atoms with Crippen molar-refractivity contribution in [3.05, 3.63) is 0 Å². The van der Waals surface area contributed by atoms with Gasteiger partial charge in [0.05, 0.1) is 5.25 Å². The first-order chi connectivity index (χ1) is 9.04. The predicted octanol–water partition coefficient (Wildman–Crippen LogP) is 1.90. The number of hydrogen-bond donors (Lipinski definition) is 1. The maximum absolute atomic E-state index is 12.5. The van der Waals surface area contributed by atoms with Gasteiger partial charge in [-0.2, -0.15) is 4.37 Å². The van der Waals surface area contributed by atoms with E-state index in [1.807, 2.05) is 0 Å². The molecule has 0 bridgehead atoms. The van der Waals surface area contributed by atoms with Gasteiger partial charge in [-0.1, -0.05) is 13.3 Å². The third kappa shape index (κ3) is 2.23. The molecule has 2 fully saturated rings. The van der Waals surface area contributed by atoms with E-state index in [2.05, 4.69) is 16.2 Å². The molecule has 1 aromatic heterocycles. The van der Waals surface area contributed by atoms with Crippen molar-refractivity contribution in [1.29, 1.82) is 0 Å². The number of hydrogen-bond acceptors (Lipinski definition) is 6. The fourth-order valence-corrected chi connectivity index (χ4v) is 5.71. The van der Waals surface area contributed by atoms with E-state index in [1.54, 1.807) is 0 Å². The van der Waals surface area contributed by atoms with E-state index in [9.17, 15) is 8.42 Å². The van der Waals surface area contributed by atoms with Gasteiger partial charge in [0, 0.05) is 13.1 Å². The Balaban J connectivity index is 1.95. The molecule has 1 aliphatic carbocycles. The molecule has 1 aliphatic heterocycles. The van der Waals surface area contributed by atoms with Crippen LogP contribution in [0.15, 0.2) is 4.90 Å². The van der Waals surface area contributed by atoms with E-state index in [1.165, 1.54) is 11.5 Å². The first-order valence-electron chi connectivity index (χ1n) is 6.78. The average molecular weight is 301 g/mol. The first kappa shape index (κ1) is 13.2. The maximum Gasteiger partial charge on any atom is 0.187 e. The van der Waals surface area contributed by atoms with Gasteiger partial charge in [-0.15, -0.1) is 0 Å². The zero-order valence-electron chi connectivity index (χ0n) is 11.0. The molecule has 5 nitrogen and oxygen atoms in total. The Morgan fingerprint density at radius 3 is 2.74 bits per heavy atom. The Kier molecular flexibility index (Phi) is 3.21. The van der Waals surface area contributed by atoms with Crippen LogP contribution in [0.4, 0.5) is 10.8 Å². The third-order valence-electron chi connectivity index (χ3n) is 4.06. The molecule has 1 saturated carbocycles. The van der Waals surface area contributed by atoms with Gasteiger partial charge in [-0.05, 0) is 36.7 Å². The zero-order valence-corrected chi connectivity index (χ0v) is 12.6. The summed E-state index contributed by atoms with van der Waals surface area (Å²) in [5.74, 6) is 0.839. The Morgan fingerprint density at radius 1 is 1.42 bits per heavy atom. The summed E-state index contributed by atoms with van der Waals surface area (Å²) >= 11 is 1.23. The summed E-state index contributed by atoms with van der Waals surface area (Å²) in [6.07, 6.45) is 3.77. The molecule has 1 aromatic rings. The van der Waals surface area contributed by atoms with Crippen LogP contribution in [0.5, 0.6) is 0 Å². The molecule has 2 heterocycles. The van der Waals surface area contributed by atoms with Crippen LogP contribution in [0.2, 0.25) is 0 Å². The lowest BCUT2D eigenvalue weighted by Gasteiger charge is -2.17. The largest absolute Gasteiger partial charge is 0.382 e. The summed E-state index contributed by atoms with van der Waals surface area (Å²) in [4.78, 5) is 2.45. The minimum absolute atomic E-state index is 0.187. The van der Waals surface area contributed by atoms with Crippen molar-refractivity contribution < 1.29 is 8.42 Å². The summed E-state index contributed by atoms with van der Waals surface area (Å²) in [5, 5.41) is 0.537. The monoisotopic (exact) mass is 301 g/mol. The number of sulfone groups is 1. The van der Waals surface area contributed by atoms with Crippen molar-refractivity contribution in [2.45, 2.75) is 42.8 Å². The molecule has 0 radical (unpaired) electrons. The molecule has 0 aromatic carbocycles. The molecular formula is C12H19N3O2S2. The van der Waals surface area contributed by atoms with Crippen molar-refractivity contribution in [3.8, 4) is 0 Å². The number of anilines is 2. The number of nitrogen functional groups attached to an aromatic ring is 1. The lowest BCUT2D eigenvalue weighted by atomic mass is 10.1. The first-order valence-corrected chi connectivity index (χ1v) is 9.10. The molecule has 2 N–H and O–H groups in total. The van der Waals surface area contributed by atoms with Crippen LogP contribution in [0.25, 0.3) is 0 Å². The SMILES string of the molecule is CCC1CCN(c2snc(N)c2S(=O)(=O)C2CC2)C1. The lowest BCUT2D eigenvalue weighted by Crippen LogP contribution is -2.21. The molecule has 2 aliphatic rings. The lowest BCUT2D eigenvalue weighted by molar-refractivity contribution is 0.569. The van der Waals surface area contributed by atoms with Crippen molar-refractivity contribution in [3.63, 3.8) is 0 Å². The summed E-state index contributed by atoms with van der Waals surface area (Å²) in [7, 11) is -3.26. The van der Waals surface area contributed by atoms with Crippen LogP contribution in [0.1, 0.15) is 32.6 Å². The van der Waals surface area contributed by atoms with Crippen LogP contribution in [-0.2, 0) is 9.84 Å². The molecule has 1 unspecified atom stereocenters. The van der Waals surface area contributed by atoms with E-state index in [0.29, 0.717) is 10.8 Å². The normalized spacial score (nSPS) is 24.1. The molecular weight excluding hydrogens is 282 g/mol. The molecule has 1 atom stereocenters. The molecule has 3 rings (SSSR count). The highest BCUT2D eigenvalue weighted by Gasteiger charge is 2.42. The van der Waals surface area contributed by atoms with Gasteiger partial charge in [0.15, 0.2) is 15.7 Å². The Bertz CT molecular complexity index is 578. The third-order valence-corrected chi connectivity index (χ3v) is 7.43. The molecule has 0 spiro atoms. The van der Waals surface area contributed by atoms with E-state index < -0.39 is 9.84 Å². The van der Waals surface area contributed by atoms with Crippen LogP contribution >= 0.6 is 11.5 Å². The van der Waals surface area contributed by atoms with Crippen molar-refractivity contribution in [2.75, 3.05) is 23.7 Å². The molecule has 0 amide bonds. The van der Waals surface area contributed by atoms with Gasteiger partial charge in [0.25, 0.3) is 0 Å². The van der Waals surface area contributed by atoms with E-state index >= 15 is 0 Å². The Morgan fingerprint density at radius 2 is 2.16 bits per heavy atom. The van der Waals surface area contributed by atoms with Crippen LogP contribution in [-0.4, -0.2) is 31.1 Å². The Labute approximate surface area is 117 Å². The maximum atomic E-state index is 12.5. The second-order valence-electron chi connectivity index (χ2n) is 5.46. The summed E-state index contributed by atoms with van der Waals surface area (Å²) in [5.41, 5.74) is 5.82. The van der Waals surface area contributed by atoms with Crippen molar-refractivity contribution in [1.82, 2.24) is 4.37 Å². The van der Waals surface area contributed by atoms with Gasteiger partial charge in [-0.3, -0.25) is 0 Å². The molecule has 7 heteroatoms. The molecule has 1 saturated heterocycles. The van der Waals surface area contributed by atoms with Crippen LogP contribution in [0.3, 0.4) is 0 Å². The van der Waals surface area contributed by atoms with E-state index in [-0.39, 0.29) is 11.1 Å². The topological polar surface area (TPSA) is 76.3 Å². The predicted molar refractivity (Wildman–Crippen MR) is 77.3 cm³/mol. The van der Waals surface area contributed by atoms with Crippen molar-refractivity contribution >= 4 is 32.2 Å². The molecule has 19 heavy (non-hydrogen) atoms. The highest BCUT2D eigenvalue weighted by atomic mass is 32.2.